The number of hydrogen-bond donors (Lipinski definition) is 1. The Morgan fingerprint density at radius 2 is 2.00 bits per heavy atom. The summed E-state index contributed by atoms with van der Waals surface area (Å²) in [6, 6.07) is 9.29. The van der Waals surface area contributed by atoms with Crippen molar-refractivity contribution in [2.45, 2.75) is 5.92 Å². The van der Waals surface area contributed by atoms with Gasteiger partial charge < -0.3 is 29.4 Å². The summed E-state index contributed by atoms with van der Waals surface area (Å²) >= 11 is 3.50. The van der Waals surface area contributed by atoms with E-state index in [9.17, 15) is 5.26 Å². The van der Waals surface area contributed by atoms with Crippen LogP contribution in [0.2, 0.25) is 0 Å². The zero-order valence-electron chi connectivity index (χ0n) is 15.3. The Morgan fingerprint density at radius 3 is 2.69 bits per heavy atom. The van der Waals surface area contributed by atoms with Crippen molar-refractivity contribution >= 4 is 15.9 Å². The summed E-state index contributed by atoms with van der Waals surface area (Å²) in [6.07, 6.45) is 5.29. The van der Waals surface area contributed by atoms with E-state index in [-0.39, 0.29) is 24.9 Å². The summed E-state index contributed by atoms with van der Waals surface area (Å²) in [6.45, 7) is 0.214. The number of nitriles is 1. The maximum absolute atomic E-state index is 9.77. The predicted octanol–water partition coefficient (Wildman–Crippen LogP) is 3.42. The number of terminal acetylenes is 1. The van der Waals surface area contributed by atoms with E-state index in [0.29, 0.717) is 33.2 Å². The van der Waals surface area contributed by atoms with Gasteiger partial charge in [-0.25, -0.2) is 0 Å². The van der Waals surface area contributed by atoms with Crippen molar-refractivity contribution in [1.82, 2.24) is 0 Å². The van der Waals surface area contributed by atoms with Crippen LogP contribution >= 0.6 is 15.9 Å². The average Bonchev–Trinajstić information content (AvgIpc) is 3.17. The van der Waals surface area contributed by atoms with Crippen LogP contribution in [0.25, 0.3) is 0 Å². The third-order valence-corrected chi connectivity index (χ3v) is 5.18. The largest absolute Gasteiger partial charge is 0.493 e. The third-order valence-electron chi connectivity index (χ3n) is 4.60. The number of fused-ring (bicyclic) bond motifs is 2. The summed E-state index contributed by atoms with van der Waals surface area (Å²) in [5, 5.41) is 9.77. The van der Waals surface area contributed by atoms with Crippen LogP contribution in [-0.2, 0) is 0 Å². The molecule has 0 saturated heterocycles. The molecular weight excluding hydrogens is 440 g/mol. The lowest BCUT2D eigenvalue weighted by Gasteiger charge is -2.27. The molecule has 0 aromatic heterocycles. The molecule has 0 saturated carbocycles. The molecule has 0 aliphatic carbocycles. The van der Waals surface area contributed by atoms with E-state index in [1.165, 1.54) is 7.11 Å². The highest BCUT2D eigenvalue weighted by Crippen LogP contribution is 2.49. The molecule has 2 heterocycles. The number of nitrogens with two attached hydrogens (primary N) is 1. The summed E-state index contributed by atoms with van der Waals surface area (Å²) in [5.41, 5.74) is 7.82. The van der Waals surface area contributed by atoms with Gasteiger partial charge in [0, 0.05) is 11.6 Å². The number of nitrogens with zero attached hydrogens (tertiary/aromatic N) is 1. The highest BCUT2D eigenvalue weighted by molar-refractivity contribution is 9.10. The second-order valence-electron chi connectivity index (χ2n) is 6.20. The number of rotatable bonds is 4. The van der Waals surface area contributed by atoms with Crippen LogP contribution in [0.3, 0.4) is 0 Å². The molecule has 4 rings (SSSR count). The summed E-state index contributed by atoms with van der Waals surface area (Å²) in [5.74, 6) is 4.54. The van der Waals surface area contributed by atoms with E-state index >= 15 is 0 Å². The molecule has 0 fully saturated rings. The zero-order valence-corrected chi connectivity index (χ0v) is 16.9. The van der Waals surface area contributed by atoms with Gasteiger partial charge in [0.25, 0.3) is 0 Å². The molecule has 2 N–H and O–H groups in total. The molecule has 0 spiro atoms. The molecule has 29 heavy (non-hydrogen) atoms. The first-order chi connectivity index (χ1) is 14.1. The van der Waals surface area contributed by atoms with Gasteiger partial charge in [-0.2, -0.15) is 5.26 Å². The van der Waals surface area contributed by atoms with E-state index in [4.69, 9.17) is 35.8 Å². The van der Waals surface area contributed by atoms with E-state index in [1.54, 1.807) is 18.2 Å². The van der Waals surface area contributed by atoms with Gasteiger partial charge in [0.2, 0.25) is 12.7 Å². The Hall–Kier alpha value is -3.49. The SMILES string of the molecule is C#CCOc1c(Br)cc(C2C(C#N)=C(N)Oc3cc4c(cc32)OCO4)cc1OC. The highest BCUT2D eigenvalue weighted by atomic mass is 79.9. The molecule has 1 unspecified atom stereocenters. The van der Waals surface area contributed by atoms with Gasteiger partial charge >= 0.3 is 0 Å². The van der Waals surface area contributed by atoms with Crippen LogP contribution in [0.4, 0.5) is 0 Å². The number of hydrogen-bond acceptors (Lipinski definition) is 7. The number of benzene rings is 2. The maximum Gasteiger partial charge on any atom is 0.231 e. The lowest BCUT2D eigenvalue weighted by Crippen LogP contribution is -2.21. The fourth-order valence-electron chi connectivity index (χ4n) is 3.35. The van der Waals surface area contributed by atoms with Crippen LogP contribution in [0.15, 0.2) is 40.2 Å². The van der Waals surface area contributed by atoms with Crippen molar-refractivity contribution in [2.75, 3.05) is 20.5 Å². The minimum absolute atomic E-state index is 0.0339. The van der Waals surface area contributed by atoms with E-state index in [1.807, 2.05) is 6.07 Å². The quantitative estimate of drug-likeness (QED) is 0.706. The molecule has 1 atom stereocenters. The van der Waals surface area contributed by atoms with Crippen molar-refractivity contribution in [3.05, 3.63) is 51.3 Å². The van der Waals surface area contributed by atoms with Crippen molar-refractivity contribution in [3.63, 3.8) is 0 Å². The molecular formula is C21H15BrN2O5. The normalized spacial score (nSPS) is 16.3. The summed E-state index contributed by atoms with van der Waals surface area (Å²) < 4.78 is 28.3. The predicted molar refractivity (Wildman–Crippen MR) is 107 cm³/mol. The Kier molecular flexibility index (Phi) is 4.87. The van der Waals surface area contributed by atoms with Gasteiger partial charge in [-0.05, 0) is 39.7 Å². The molecule has 0 amide bonds. The molecule has 7 nitrogen and oxygen atoms in total. The third kappa shape index (κ3) is 3.18. The topological polar surface area (TPSA) is 96.0 Å². The van der Waals surface area contributed by atoms with Crippen molar-refractivity contribution < 1.29 is 23.7 Å². The van der Waals surface area contributed by atoms with Gasteiger partial charge in [-0.15, -0.1) is 6.42 Å². The van der Waals surface area contributed by atoms with Crippen LogP contribution in [0.5, 0.6) is 28.7 Å². The Bertz CT molecular complexity index is 1110. The Balaban J connectivity index is 1.89. The van der Waals surface area contributed by atoms with E-state index in [0.717, 1.165) is 11.1 Å². The Labute approximate surface area is 175 Å². The molecule has 2 aromatic rings. The molecule has 2 aliphatic rings. The molecule has 146 valence electrons. The minimum Gasteiger partial charge on any atom is -0.493 e. The van der Waals surface area contributed by atoms with Gasteiger partial charge in [-0.1, -0.05) is 5.92 Å². The second kappa shape index (κ2) is 7.50. The van der Waals surface area contributed by atoms with Crippen LogP contribution < -0.4 is 29.4 Å². The first-order valence-corrected chi connectivity index (χ1v) is 9.31. The lowest BCUT2D eigenvalue weighted by molar-refractivity contribution is 0.174. The molecule has 2 aliphatic heterocycles. The number of methoxy groups -OCH3 is 1. The van der Waals surface area contributed by atoms with Crippen LogP contribution in [0, 0.1) is 23.7 Å². The van der Waals surface area contributed by atoms with Gasteiger partial charge in [-0.3, -0.25) is 0 Å². The maximum atomic E-state index is 9.77. The Morgan fingerprint density at radius 1 is 1.24 bits per heavy atom. The molecule has 0 radical (unpaired) electrons. The average molecular weight is 455 g/mol. The number of halogens is 1. The smallest absolute Gasteiger partial charge is 0.231 e. The molecule has 2 aromatic carbocycles. The van der Waals surface area contributed by atoms with Gasteiger partial charge in [0.05, 0.1) is 17.5 Å². The minimum atomic E-state index is -0.495. The standard InChI is InChI=1S/C21H15BrN2O5/c1-3-4-26-20-14(22)5-11(6-18(20)25-2)19-12-7-16-17(28-10-27-16)8-15(12)29-21(24)13(19)9-23/h1,5-8,19H,4,10,24H2,2H3. The highest BCUT2D eigenvalue weighted by Gasteiger charge is 2.34. The van der Waals surface area contributed by atoms with Crippen LogP contribution in [0.1, 0.15) is 17.0 Å². The summed E-state index contributed by atoms with van der Waals surface area (Å²) in [4.78, 5) is 0. The van der Waals surface area contributed by atoms with Gasteiger partial charge in [0.1, 0.15) is 24.0 Å². The first-order valence-electron chi connectivity index (χ1n) is 8.52. The lowest BCUT2D eigenvalue weighted by atomic mass is 9.83. The second-order valence-corrected chi connectivity index (χ2v) is 7.05. The summed E-state index contributed by atoms with van der Waals surface area (Å²) in [7, 11) is 1.53. The molecule has 0 bridgehead atoms. The van der Waals surface area contributed by atoms with Crippen molar-refractivity contribution in [3.8, 4) is 47.2 Å². The van der Waals surface area contributed by atoms with E-state index < -0.39 is 5.92 Å². The van der Waals surface area contributed by atoms with Crippen LogP contribution in [-0.4, -0.2) is 20.5 Å². The zero-order chi connectivity index (χ0) is 20.5. The first kappa shape index (κ1) is 18.9. The van der Waals surface area contributed by atoms with E-state index in [2.05, 4.69) is 27.9 Å². The monoisotopic (exact) mass is 454 g/mol. The molecule has 8 heteroatoms. The fraction of sp³-hybridized carbons (Fsp3) is 0.190. The van der Waals surface area contributed by atoms with Crippen molar-refractivity contribution in [2.24, 2.45) is 5.73 Å². The van der Waals surface area contributed by atoms with Gasteiger partial charge in [0.15, 0.2) is 23.0 Å². The number of ether oxygens (including phenoxy) is 5. The number of allylic oxidation sites excluding steroid dienone is 1. The van der Waals surface area contributed by atoms with Crippen molar-refractivity contribution in [1.29, 1.82) is 5.26 Å². The fourth-order valence-corrected chi connectivity index (χ4v) is 3.92.